The molecule has 1 saturated heterocycles. The van der Waals surface area contributed by atoms with E-state index in [1.807, 2.05) is 31.3 Å². The molecule has 0 spiro atoms. The number of anilines is 1. The molecule has 2 heterocycles. The fraction of sp³-hybridized carbons (Fsp3) is 0.484. The fourth-order valence-electron chi connectivity index (χ4n) is 5.29. The van der Waals surface area contributed by atoms with Gasteiger partial charge < -0.3 is 16.0 Å². The number of amides is 3. The second-order valence-electron chi connectivity index (χ2n) is 11.3. The minimum absolute atomic E-state index is 0.0223. The van der Waals surface area contributed by atoms with Crippen molar-refractivity contribution in [1.82, 2.24) is 10.2 Å². The molecule has 0 aromatic heterocycles. The highest BCUT2D eigenvalue weighted by Crippen LogP contribution is 2.45. The van der Waals surface area contributed by atoms with Crippen molar-refractivity contribution in [1.29, 1.82) is 0 Å². The van der Waals surface area contributed by atoms with Gasteiger partial charge in [-0.15, -0.1) is 0 Å². The zero-order chi connectivity index (χ0) is 27.8. The van der Waals surface area contributed by atoms with Gasteiger partial charge in [0, 0.05) is 55.3 Å². The lowest BCUT2D eigenvalue weighted by Gasteiger charge is -2.32. The Kier molecular flexibility index (Phi) is 9.51. The summed E-state index contributed by atoms with van der Waals surface area (Å²) in [6.45, 7) is 7.94. The number of rotatable bonds is 10. The molecule has 1 saturated carbocycles. The normalized spacial score (nSPS) is 18.5. The van der Waals surface area contributed by atoms with E-state index in [-0.39, 0.29) is 11.8 Å². The number of nitrogens with zero attached hydrogens (tertiary/aromatic N) is 2. The first-order valence-corrected chi connectivity index (χ1v) is 14.1. The predicted octanol–water partition coefficient (Wildman–Crippen LogP) is 4.58. The number of nitrogens with one attached hydrogen (secondary N) is 2. The Hall–Kier alpha value is -3.52. The molecule has 0 unspecified atom stereocenters. The number of unbranched alkanes of at least 4 members (excludes halogenated alkanes) is 1. The lowest BCUT2D eigenvalue weighted by atomic mass is 9.96. The molecule has 1 aliphatic carbocycles. The number of hydrogen-bond acceptors (Lipinski definition) is 6. The Morgan fingerprint density at radius 2 is 2.00 bits per heavy atom. The van der Waals surface area contributed by atoms with Gasteiger partial charge in [-0.3, -0.25) is 24.7 Å². The van der Waals surface area contributed by atoms with Crippen LogP contribution in [0, 0.1) is 5.41 Å². The maximum absolute atomic E-state index is 12.1. The van der Waals surface area contributed by atoms with E-state index in [4.69, 9.17) is 10.7 Å². The van der Waals surface area contributed by atoms with Crippen LogP contribution >= 0.6 is 0 Å². The number of aliphatic imine (C=N–C) groups is 1. The number of carbonyl (C=O) groups excluding carboxylic acids is 3. The number of imide groups is 1. The van der Waals surface area contributed by atoms with Gasteiger partial charge in [-0.2, -0.15) is 0 Å². The van der Waals surface area contributed by atoms with E-state index in [2.05, 4.69) is 34.6 Å². The minimum atomic E-state index is -0.188. The highest BCUT2D eigenvalue weighted by molar-refractivity contribution is 6.24. The zero-order valence-corrected chi connectivity index (χ0v) is 23.2. The van der Waals surface area contributed by atoms with Crippen molar-refractivity contribution in [3.63, 3.8) is 0 Å². The first-order valence-electron chi connectivity index (χ1n) is 14.1. The number of nitrogens with two attached hydrogens (primary N) is 1. The van der Waals surface area contributed by atoms with Crippen LogP contribution in [0.1, 0.15) is 74.7 Å². The van der Waals surface area contributed by atoms with Crippen LogP contribution in [0.5, 0.6) is 0 Å². The lowest BCUT2D eigenvalue weighted by molar-refractivity contribution is -0.125. The third-order valence-corrected chi connectivity index (χ3v) is 7.93. The number of benzene rings is 2. The second kappa shape index (κ2) is 13.0. The molecule has 8 nitrogen and oxygen atoms in total. The predicted molar refractivity (Wildman–Crippen MR) is 157 cm³/mol. The van der Waals surface area contributed by atoms with Crippen molar-refractivity contribution in [3.05, 3.63) is 53.2 Å². The monoisotopic (exact) mass is 531 g/mol. The molecule has 39 heavy (non-hydrogen) atoms. The van der Waals surface area contributed by atoms with Gasteiger partial charge in [0.2, 0.25) is 12.3 Å². The maximum atomic E-state index is 12.1. The quantitative estimate of drug-likeness (QED) is 0.307. The molecule has 3 aliphatic rings. The second-order valence-corrected chi connectivity index (χ2v) is 11.3. The molecule has 2 aliphatic heterocycles. The van der Waals surface area contributed by atoms with Gasteiger partial charge in [-0.1, -0.05) is 38.5 Å². The first kappa shape index (κ1) is 28.5. The first-order chi connectivity index (χ1) is 18.9. The van der Waals surface area contributed by atoms with Crippen molar-refractivity contribution in [2.45, 2.75) is 71.3 Å². The van der Waals surface area contributed by atoms with Crippen LogP contribution in [-0.4, -0.2) is 55.0 Å². The van der Waals surface area contributed by atoms with E-state index in [0.29, 0.717) is 30.7 Å². The van der Waals surface area contributed by atoms with Crippen molar-refractivity contribution < 1.29 is 14.4 Å². The Morgan fingerprint density at radius 3 is 2.67 bits per heavy atom. The Balaban J connectivity index is 0.000000340. The number of allylic oxidation sites excluding steroid dienone is 1. The molecule has 2 aromatic rings. The molecule has 5 rings (SSSR count). The summed E-state index contributed by atoms with van der Waals surface area (Å²) >= 11 is 0. The average molecular weight is 532 g/mol. The SMILES string of the molecule is CC1(CN2CCC(N=C/C(=C\N)Cc3ccc4c5c(cccc35)C(=O)N4)CC2)CC1.CCCCC(=O)NC=O. The van der Waals surface area contributed by atoms with Gasteiger partial charge in [0.05, 0.1) is 6.04 Å². The molecular weight excluding hydrogens is 490 g/mol. The van der Waals surface area contributed by atoms with E-state index in [9.17, 15) is 14.4 Å². The third-order valence-electron chi connectivity index (χ3n) is 7.93. The zero-order valence-electron chi connectivity index (χ0n) is 23.2. The van der Waals surface area contributed by atoms with Crippen LogP contribution in [-0.2, 0) is 16.0 Å². The highest BCUT2D eigenvalue weighted by atomic mass is 16.2. The summed E-state index contributed by atoms with van der Waals surface area (Å²) in [5.74, 6) is -0.210. The van der Waals surface area contributed by atoms with E-state index in [1.165, 1.54) is 24.9 Å². The topological polar surface area (TPSA) is 117 Å². The molecule has 0 radical (unpaired) electrons. The van der Waals surface area contributed by atoms with Crippen LogP contribution in [0.15, 0.2) is 47.1 Å². The van der Waals surface area contributed by atoms with E-state index in [0.717, 1.165) is 66.4 Å². The standard InChI is InChI=1S/C25H30N4O.C6H11NO2/c1-25(9-10-25)16-29-11-7-19(8-12-29)27-15-17(14-26)13-18-5-6-22-23-20(18)3-2-4-21(23)24(30)28-22;1-2-3-4-6(9)7-5-8/h2-6,14-15,19H,7-13,16,26H2,1H3,(H,28,30);5H,2-4H2,1H3,(H,7,8,9)/b17-14-,27-15?;. The number of piperidine rings is 1. The van der Waals surface area contributed by atoms with E-state index < -0.39 is 0 Å². The summed E-state index contributed by atoms with van der Waals surface area (Å²) < 4.78 is 0. The van der Waals surface area contributed by atoms with Gasteiger partial charge in [0.25, 0.3) is 5.91 Å². The van der Waals surface area contributed by atoms with Crippen LogP contribution in [0.4, 0.5) is 5.69 Å². The molecular formula is C31H41N5O3. The smallest absolute Gasteiger partial charge is 0.256 e. The number of likely N-dealkylation sites (tertiary alicyclic amines) is 1. The van der Waals surface area contributed by atoms with E-state index >= 15 is 0 Å². The van der Waals surface area contributed by atoms with Crippen molar-refractivity contribution >= 4 is 40.9 Å². The molecule has 0 bridgehead atoms. The summed E-state index contributed by atoms with van der Waals surface area (Å²) in [6.07, 6.45) is 12.1. The minimum Gasteiger partial charge on any atom is -0.404 e. The van der Waals surface area contributed by atoms with Crippen molar-refractivity contribution in [2.75, 3.05) is 25.0 Å². The summed E-state index contributed by atoms with van der Waals surface area (Å²) in [6, 6.07) is 10.4. The largest absolute Gasteiger partial charge is 0.404 e. The fourth-order valence-corrected chi connectivity index (χ4v) is 5.29. The summed E-state index contributed by atoms with van der Waals surface area (Å²) in [5, 5.41) is 7.14. The summed E-state index contributed by atoms with van der Waals surface area (Å²) in [7, 11) is 0. The molecule has 3 amide bonds. The Bertz CT molecular complexity index is 1260. The van der Waals surface area contributed by atoms with E-state index in [1.54, 1.807) is 6.20 Å². The highest BCUT2D eigenvalue weighted by Gasteiger charge is 2.39. The maximum Gasteiger partial charge on any atom is 0.256 e. The van der Waals surface area contributed by atoms with Crippen molar-refractivity contribution in [3.8, 4) is 0 Å². The van der Waals surface area contributed by atoms with Crippen LogP contribution in [0.3, 0.4) is 0 Å². The molecule has 2 aromatic carbocycles. The molecule has 208 valence electrons. The Labute approximate surface area is 231 Å². The molecule has 4 N–H and O–H groups in total. The van der Waals surface area contributed by atoms with Gasteiger partial charge >= 0.3 is 0 Å². The third kappa shape index (κ3) is 7.53. The van der Waals surface area contributed by atoms with Gasteiger partial charge in [0.15, 0.2) is 0 Å². The number of carbonyl (C=O) groups is 3. The summed E-state index contributed by atoms with van der Waals surface area (Å²) in [5.41, 5.74) is 10.4. The van der Waals surface area contributed by atoms with Gasteiger partial charge in [-0.25, -0.2) is 0 Å². The van der Waals surface area contributed by atoms with Gasteiger partial charge in [-0.05, 0) is 72.4 Å². The summed E-state index contributed by atoms with van der Waals surface area (Å²) in [4.78, 5) is 39.7. The number of hydrogen-bond donors (Lipinski definition) is 3. The Morgan fingerprint density at radius 1 is 1.23 bits per heavy atom. The van der Waals surface area contributed by atoms with Crippen LogP contribution in [0.25, 0.3) is 10.8 Å². The van der Waals surface area contributed by atoms with Crippen LogP contribution < -0.4 is 16.4 Å². The average Bonchev–Trinajstić information content (AvgIpc) is 3.58. The molecule has 0 atom stereocenters. The van der Waals surface area contributed by atoms with Crippen LogP contribution in [0.2, 0.25) is 0 Å². The van der Waals surface area contributed by atoms with Gasteiger partial charge in [0.1, 0.15) is 0 Å². The lowest BCUT2D eigenvalue weighted by Crippen LogP contribution is -2.38. The molecule has 2 fully saturated rings. The molecule has 8 heteroatoms. The van der Waals surface area contributed by atoms with Crippen molar-refractivity contribution in [2.24, 2.45) is 16.1 Å².